The first kappa shape index (κ1) is 11.4. The van der Waals surface area contributed by atoms with Crippen molar-refractivity contribution in [1.82, 2.24) is 9.88 Å². The van der Waals surface area contributed by atoms with Crippen molar-refractivity contribution in [3.05, 3.63) is 11.1 Å². The van der Waals surface area contributed by atoms with Crippen molar-refractivity contribution in [1.29, 1.82) is 0 Å². The molecule has 1 aliphatic rings. The molecule has 1 aromatic heterocycles. The molecule has 1 amide bonds. The van der Waals surface area contributed by atoms with Gasteiger partial charge in [-0.3, -0.25) is 4.79 Å². The van der Waals surface area contributed by atoms with Crippen LogP contribution in [0.3, 0.4) is 0 Å². The Hall–Kier alpha value is -1.10. The maximum absolute atomic E-state index is 12.1. The molecule has 1 aliphatic heterocycles. The van der Waals surface area contributed by atoms with Gasteiger partial charge in [0.1, 0.15) is 5.69 Å². The van der Waals surface area contributed by atoms with E-state index in [9.17, 15) is 4.79 Å². The average Bonchev–Trinajstić information content (AvgIpc) is 2.57. The molecule has 4 nitrogen and oxygen atoms in total. The van der Waals surface area contributed by atoms with Crippen molar-refractivity contribution in [3.8, 4) is 0 Å². The number of hydrogen-bond acceptors (Lipinski definition) is 4. The Morgan fingerprint density at radius 1 is 1.56 bits per heavy atom. The van der Waals surface area contributed by atoms with E-state index in [-0.39, 0.29) is 5.91 Å². The highest BCUT2D eigenvalue weighted by Crippen LogP contribution is 2.19. The Balaban J connectivity index is 2.04. The van der Waals surface area contributed by atoms with E-state index in [0.717, 1.165) is 31.8 Å². The number of hydrogen-bond donors (Lipinski definition) is 1. The van der Waals surface area contributed by atoms with Crippen LogP contribution in [0.2, 0.25) is 0 Å². The molecule has 0 aromatic carbocycles. The molecule has 2 rings (SSSR count). The molecular formula is C11H17N3OS. The van der Waals surface area contributed by atoms with Crippen molar-refractivity contribution >= 4 is 22.4 Å². The summed E-state index contributed by atoms with van der Waals surface area (Å²) < 4.78 is 0. The number of anilines is 1. The van der Waals surface area contributed by atoms with Gasteiger partial charge in [-0.05, 0) is 25.2 Å². The smallest absolute Gasteiger partial charge is 0.273 e. The third-order valence-corrected chi connectivity index (χ3v) is 3.72. The van der Waals surface area contributed by atoms with Gasteiger partial charge in [-0.25, -0.2) is 4.98 Å². The van der Waals surface area contributed by atoms with Crippen molar-refractivity contribution in [3.63, 3.8) is 0 Å². The molecule has 1 fully saturated rings. The van der Waals surface area contributed by atoms with Crippen LogP contribution >= 0.6 is 11.3 Å². The summed E-state index contributed by atoms with van der Waals surface area (Å²) in [6.07, 6.45) is 3.39. The van der Waals surface area contributed by atoms with E-state index >= 15 is 0 Å². The van der Waals surface area contributed by atoms with E-state index in [1.54, 1.807) is 5.38 Å². The minimum Gasteiger partial charge on any atom is -0.375 e. The number of rotatable bonds is 1. The molecule has 2 N–H and O–H groups in total. The number of amides is 1. The third-order valence-electron chi connectivity index (χ3n) is 3.05. The first-order valence-corrected chi connectivity index (χ1v) is 6.55. The van der Waals surface area contributed by atoms with Crippen LogP contribution in [0, 0.1) is 5.92 Å². The Kier molecular flexibility index (Phi) is 3.43. The predicted octanol–water partition coefficient (Wildman–Crippen LogP) is 1.99. The van der Waals surface area contributed by atoms with Crippen molar-refractivity contribution < 1.29 is 4.79 Å². The quantitative estimate of drug-likeness (QED) is 0.815. The van der Waals surface area contributed by atoms with E-state index in [4.69, 9.17) is 5.73 Å². The summed E-state index contributed by atoms with van der Waals surface area (Å²) in [4.78, 5) is 18.0. The van der Waals surface area contributed by atoms with Crippen LogP contribution < -0.4 is 5.73 Å². The fourth-order valence-electron chi connectivity index (χ4n) is 2.01. The second kappa shape index (κ2) is 4.82. The largest absolute Gasteiger partial charge is 0.375 e. The minimum atomic E-state index is 0.0297. The molecular weight excluding hydrogens is 222 g/mol. The molecule has 0 bridgehead atoms. The van der Waals surface area contributed by atoms with Crippen molar-refractivity contribution in [2.24, 2.45) is 5.92 Å². The highest BCUT2D eigenvalue weighted by atomic mass is 32.1. The van der Waals surface area contributed by atoms with Crippen LogP contribution in [-0.2, 0) is 0 Å². The molecule has 0 saturated carbocycles. The van der Waals surface area contributed by atoms with Crippen LogP contribution in [0.5, 0.6) is 0 Å². The van der Waals surface area contributed by atoms with Gasteiger partial charge in [0.2, 0.25) is 0 Å². The SMILES string of the molecule is CC1CCCN(C(=O)c2csc(N)n2)CC1. The van der Waals surface area contributed by atoms with Gasteiger partial charge >= 0.3 is 0 Å². The summed E-state index contributed by atoms with van der Waals surface area (Å²) in [7, 11) is 0. The Morgan fingerprint density at radius 3 is 3.06 bits per heavy atom. The topological polar surface area (TPSA) is 59.2 Å². The summed E-state index contributed by atoms with van der Waals surface area (Å²) in [5, 5.41) is 2.21. The molecule has 1 atom stereocenters. The van der Waals surface area contributed by atoms with E-state index in [2.05, 4.69) is 11.9 Å². The molecule has 0 radical (unpaired) electrons. The number of carbonyl (C=O) groups excluding carboxylic acids is 1. The number of likely N-dealkylation sites (tertiary alicyclic amines) is 1. The van der Waals surface area contributed by atoms with Crippen LogP contribution in [0.25, 0.3) is 0 Å². The molecule has 88 valence electrons. The van der Waals surface area contributed by atoms with E-state index < -0.39 is 0 Å². The predicted molar refractivity (Wildman–Crippen MR) is 65.4 cm³/mol. The summed E-state index contributed by atoms with van der Waals surface area (Å²) >= 11 is 1.32. The lowest BCUT2D eigenvalue weighted by Gasteiger charge is -2.19. The monoisotopic (exact) mass is 239 g/mol. The highest BCUT2D eigenvalue weighted by molar-refractivity contribution is 7.13. The summed E-state index contributed by atoms with van der Waals surface area (Å²) in [6, 6.07) is 0. The van der Waals surface area contributed by atoms with Gasteiger partial charge in [-0.2, -0.15) is 0 Å². The zero-order valence-corrected chi connectivity index (χ0v) is 10.3. The van der Waals surface area contributed by atoms with Gasteiger partial charge in [0, 0.05) is 18.5 Å². The molecule has 1 aromatic rings. The summed E-state index contributed by atoms with van der Waals surface area (Å²) in [6.45, 7) is 3.94. The van der Waals surface area contributed by atoms with E-state index in [1.165, 1.54) is 17.8 Å². The third kappa shape index (κ3) is 2.52. The molecule has 0 aliphatic carbocycles. The second-order valence-corrected chi connectivity index (χ2v) is 5.29. The Labute approximate surface area is 99.5 Å². The first-order chi connectivity index (χ1) is 7.66. The number of nitrogens with zero attached hydrogens (tertiary/aromatic N) is 2. The number of nitrogen functional groups attached to an aromatic ring is 1. The zero-order chi connectivity index (χ0) is 11.5. The molecule has 2 heterocycles. The van der Waals surface area contributed by atoms with E-state index in [1.807, 2.05) is 4.90 Å². The number of thiazole rings is 1. The molecule has 16 heavy (non-hydrogen) atoms. The molecule has 1 unspecified atom stereocenters. The Morgan fingerprint density at radius 2 is 2.38 bits per heavy atom. The van der Waals surface area contributed by atoms with Crippen molar-refractivity contribution in [2.75, 3.05) is 18.8 Å². The van der Waals surface area contributed by atoms with Gasteiger partial charge in [-0.15, -0.1) is 11.3 Å². The maximum Gasteiger partial charge on any atom is 0.273 e. The highest BCUT2D eigenvalue weighted by Gasteiger charge is 2.21. The first-order valence-electron chi connectivity index (χ1n) is 5.67. The van der Waals surface area contributed by atoms with Crippen LogP contribution in [0.15, 0.2) is 5.38 Å². The normalized spacial score (nSPS) is 21.8. The van der Waals surface area contributed by atoms with Gasteiger partial charge in [-0.1, -0.05) is 6.92 Å². The average molecular weight is 239 g/mol. The fraction of sp³-hybridized carbons (Fsp3) is 0.636. The lowest BCUT2D eigenvalue weighted by Crippen LogP contribution is -2.32. The summed E-state index contributed by atoms with van der Waals surface area (Å²) in [5.41, 5.74) is 6.03. The minimum absolute atomic E-state index is 0.0297. The van der Waals surface area contributed by atoms with Gasteiger partial charge in [0.05, 0.1) is 0 Å². The maximum atomic E-state index is 12.1. The molecule has 1 saturated heterocycles. The Bertz CT molecular complexity index is 377. The fourth-order valence-corrected chi connectivity index (χ4v) is 2.55. The molecule has 5 heteroatoms. The van der Waals surface area contributed by atoms with Gasteiger partial charge in [0.15, 0.2) is 5.13 Å². The van der Waals surface area contributed by atoms with Crippen molar-refractivity contribution in [2.45, 2.75) is 26.2 Å². The lowest BCUT2D eigenvalue weighted by atomic mass is 10.0. The number of nitrogens with two attached hydrogens (primary N) is 1. The van der Waals surface area contributed by atoms with Crippen LogP contribution in [0.4, 0.5) is 5.13 Å². The standard InChI is InChI=1S/C11H17N3OS/c1-8-3-2-5-14(6-4-8)10(15)9-7-16-11(12)13-9/h7-8H,2-6H2,1H3,(H2,12,13). The zero-order valence-electron chi connectivity index (χ0n) is 9.48. The number of carbonyl (C=O) groups is 1. The summed E-state index contributed by atoms with van der Waals surface area (Å²) in [5.74, 6) is 0.750. The van der Waals surface area contributed by atoms with E-state index in [0.29, 0.717) is 10.8 Å². The van der Waals surface area contributed by atoms with Crippen LogP contribution in [0.1, 0.15) is 36.7 Å². The second-order valence-electron chi connectivity index (χ2n) is 4.40. The van der Waals surface area contributed by atoms with Crippen LogP contribution in [-0.4, -0.2) is 28.9 Å². The van der Waals surface area contributed by atoms with Gasteiger partial charge < -0.3 is 10.6 Å². The molecule has 0 spiro atoms. The lowest BCUT2D eigenvalue weighted by molar-refractivity contribution is 0.0755. The van der Waals surface area contributed by atoms with Gasteiger partial charge in [0.25, 0.3) is 5.91 Å². The number of aromatic nitrogens is 1.